The van der Waals surface area contributed by atoms with Crippen molar-refractivity contribution in [3.63, 3.8) is 0 Å². The lowest BCUT2D eigenvalue weighted by molar-refractivity contribution is 0.218. The van der Waals surface area contributed by atoms with E-state index in [1.807, 2.05) is 11.8 Å². The molecule has 0 aromatic heterocycles. The van der Waals surface area contributed by atoms with Gasteiger partial charge >= 0.3 is 0 Å². The smallest absolute Gasteiger partial charge is 0.0553 e. The summed E-state index contributed by atoms with van der Waals surface area (Å²) in [6.07, 6.45) is 11.8. The molecule has 0 spiro atoms. The summed E-state index contributed by atoms with van der Waals surface area (Å²) in [5.41, 5.74) is 4.44. The highest BCUT2D eigenvalue weighted by Crippen LogP contribution is 2.12. The average molecular weight is 297 g/mol. The van der Waals surface area contributed by atoms with Crippen LogP contribution in [0.5, 0.6) is 0 Å². The van der Waals surface area contributed by atoms with Crippen LogP contribution in [0, 0.1) is 0 Å². The summed E-state index contributed by atoms with van der Waals surface area (Å²) in [4.78, 5) is 0. The van der Waals surface area contributed by atoms with Crippen molar-refractivity contribution in [1.29, 1.82) is 0 Å². The normalized spacial score (nSPS) is 12.7. The van der Waals surface area contributed by atoms with Crippen molar-refractivity contribution in [3.05, 3.63) is 34.9 Å². The molecule has 20 heavy (non-hydrogen) atoms. The highest BCUT2D eigenvalue weighted by atomic mass is 32.2. The minimum Gasteiger partial charge on any atom is -0.384 e. The second-order valence-corrected chi connectivity index (χ2v) is 6.68. The standard InChI is InChI=1S/C18H32OS/c1-16(2)8-6-9-17(3)10-7-11-18(4)12-14-20-15-13-19-5/h8,10,12H,6-7,9,11,13-15H2,1-5H3. The number of methoxy groups -OCH3 is 1. The van der Waals surface area contributed by atoms with Crippen LogP contribution in [0.3, 0.4) is 0 Å². The van der Waals surface area contributed by atoms with Gasteiger partial charge in [0.25, 0.3) is 0 Å². The van der Waals surface area contributed by atoms with Crippen LogP contribution in [0.1, 0.15) is 53.4 Å². The molecule has 0 aliphatic heterocycles. The van der Waals surface area contributed by atoms with Gasteiger partial charge in [0.15, 0.2) is 0 Å². The molecule has 0 aliphatic carbocycles. The van der Waals surface area contributed by atoms with Crippen molar-refractivity contribution in [2.45, 2.75) is 53.4 Å². The largest absolute Gasteiger partial charge is 0.384 e. The molecule has 0 bridgehead atoms. The molecule has 0 aromatic rings. The molecule has 0 heterocycles. The van der Waals surface area contributed by atoms with Gasteiger partial charge in [-0.25, -0.2) is 0 Å². The fourth-order valence-electron chi connectivity index (χ4n) is 1.77. The van der Waals surface area contributed by atoms with Crippen LogP contribution in [0.15, 0.2) is 34.9 Å². The second kappa shape index (κ2) is 13.5. The summed E-state index contributed by atoms with van der Waals surface area (Å²) < 4.78 is 5.03. The van der Waals surface area contributed by atoms with Crippen molar-refractivity contribution >= 4 is 11.8 Å². The van der Waals surface area contributed by atoms with Gasteiger partial charge in [-0.2, -0.15) is 11.8 Å². The fourth-order valence-corrected chi connectivity index (χ4v) is 2.62. The lowest BCUT2D eigenvalue weighted by Crippen LogP contribution is -1.91. The Morgan fingerprint density at radius 1 is 0.900 bits per heavy atom. The second-order valence-electron chi connectivity index (χ2n) is 5.53. The molecule has 1 nitrogen and oxygen atoms in total. The SMILES string of the molecule is COCCSCC=C(C)CCC=C(C)CCC=C(C)C. The van der Waals surface area contributed by atoms with E-state index in [2.05, 4.69) is 45.9 Å². The van der Waals surface area contributed by atoms with E-state index in [9.17, 15) is 0 Å². The Balaban J connectivity index is 3.74. The predicted molar refractivity (Wildman–Crippen MR) is 94.6 cm³/mol. The van der Waals surface area contributed by atoms with E-state index < -0.39 is 0 Å². The number of ether oxygens (including phenoxy) is 1. The molecule has 0 atom stereocenters. The molecule has 0 unspecified atom stereocenters. The molecule has 0 aliphatic rings. The first kappa shape index (κ1) is 19.5. The minimum atomic E-state index is 0.852. The lowest BCUT2D eigenvalue weighted by Gasteiger charge is -2.02. The number of hydrogen-bond donors (Lipinski definition) is 0. The molecule has 0 aromatic carbocycles. The van der Waals surface area contributed by atoms with Gasteiger partial charge in [-0.05, 0) is 53.4 Å². The van der Waals surface area contributed by atoms with Crippen LogP contribution in [0.4, 0.5) is 0 Å². The van der Waals surface area contributed by atoms with Gasteiger partial charge in [-0.15, -0.1) is 0 Å². The first-order valence-electron chi connectivity index (χ1n) is 7.57. The van der Waals surface area contributed by atoms with E-state index in [1.165, 1.54) is 42.4 Å². The third-order valence-corrected chi connectivity index (χ3v) is 3.96. The van der Waals surface area contributed by atoms with Crippen molar-refractivity contribution in [2.24, 2.45) is 0 Å². The van der Waals surface area contributed by atoms with Gasteiger partial charge in [0, 0.05) is 18.6 Å². The fraction of sp³-hybridized carbons (Fsp3) is 0.667. The molecule has 116 valence electrons. The molecule has 0 saturated heterocycles. The maximum atomic E-state index is 5.03. The summed E-state index contributed by atoms with van der Waals surface area (Å²) in [5, 5.41) is 0. The molecule has 0 saturated carbocycles. The Bertz CT molecular complexity index is 322. The summed E-state index contributed by atoms with van der Waals surface area (Å²) in [6.45, 7) is 9.67. The Labute approximate surface area is 130 Å². The molecule has 0 N–H and O–H groups in total. The van der Waals surface area contributed by atoms with Crippen molar-refractivity contribution in [1.82, 2.24) is 0 Å². The van der Waals surface area contributed by atoms with Crippen LogP contribution >= 0.6 is 11.8 Å². The van der Waals surface area contributed by atoms with Gasteiger partial charge in [0.05, 0.1) is 6.61 Å². The van der Waals surface area contributed by atoms with Crippen molar-refractivity contribution < 1.29 is 4.74 Å². The summed E-state index contributed by atoms with van der Waals surface area (Å²) in [5.74, 6) is 2.20. The Kier molecular flexibility index (Phi) is 13.2. The molecular formula is C18H32OS. The Morgan fingerprint density at radius 2 is 1.50 bits per heavy atom. The van der Waals surface area contributed by atoms with Gasteiger partial charge in [0.1, 0.15) is 0 Å². The van der Waals surface area contributed by atoms with E-state index in [4.69, 9.17) is 4.74 Å². The first-order chi connectivity index (χ1) is 9.56. The van der Waals surface area contributed by atoms with Crippen LogP contribution in [0.2, 0.25) is 0 Å². The lowest BCUT2D eigenvalue weighted by atomic mass is 10.1. The van der Waals surface area contributed by atoms with E-state index >= 15 is 0 Å². The van der Waals surface area contributed by atoms with Gasteiger partial charge in [0.2, 0.25) is 0 Å². The van der Waals surface area contributed by atoms with Crippen LogP contribution < -0.4 is 0 Å². The van der Waals surface area contributed by atoms with E-state index in [0.29, 0.717) is 0 Å². The summed E-state index contributed by atoms with van der Waals surface area (Å²) in [7, 11) is 1.76. The number of thioether (sulfide) groups is 1. The van der Waals surface area contributed by atoms with Crippen LogP contribution in [0.25, 0.3) is 0 Å². The number of rotatable bonds is 11. The van der Waals surface area contributed by atoms with Crippen LogP contribution in [-0.2, 0) is 4.74 Å². The molecule has 0 amide bonds. The third-order valence-electron chi connectivity index (χ3n) is 3.10. The summed E-state index contributed by atoms with van der Waals surface area (Å²) >= 11 is 1.94. The van der Waals surface area contributed by atoms with E-state index in [-0.39, 0.29) is 0 Å². The summed E-state index contributed by atoms with van der Waals surface area (Å²) in [6, 6.07) is 0. The van der Waals surface area contributed by atoms with E-state index in [0.717, 1.165) is 18.1 Å². The zero-order chi connectivity index (χ0) is 15.2. The van der Waals surface area contributed by atoms with Gasteiger partial charge in [-0.1, -0.05) is 34.9 Å². The van der Waals surface area contributed by atoms with E-state index in [1.54, 1.807) is 7.11 Å². The Morgan fingerprint density at radius 3 is 2.10 bits per heavy atom. The number of allylic oxidation sites excluding steroid dienone is 5. The average Bonchev–Trinajstić information content (AvgIpc) is 2.38. The zero-order valence-corrected chi connectivity index (χ0v) is 14.8. The third kappa shape index (κ3) is 14.0. The molecule has 0 fully saturated rings. The quantitative estimate of drug-likeness (QED) is 0.353. The maximum Gasteiger partial charge on any atom is 0.0553 e. The highest BCUT2D eigenvalue weighted by molar-refractivity contribution is 7.99. The highest BCUT2D eigenvalue weighted by Gasteiger charge is 1.92. The molecule has 2 heteroatoms. The number of hydrogen-bond acceptors (Lipinski definition) is 2. The Hall–Kier alpha value is -0.470. The topological polar surface area (TPSA) is 9.23 Å². The molecular weight excluding hydrogens is 264 g/mol. The monoisotopic (exact) mass is 296 g/mol. The van der Waals surface area contributed by atoms with Gasteiger partial charge in [-0.3, -0.25) is 0 Å². The van der Waals surface area contributed by atoms with Crippen molar-refractivity contribution in [3.8, 4) is 0 Å². The van der Waals surface area contributed by atoms with Gasteiger partial charge < -0.3 is 4.74 Å². The van der Waals surface area contributed by atoms with Crippen molar-refractivity contribution in [2.75, 3.05) is 25.2 Å². The molecule has 0 radical (unpaired) electrons. The zero-order valence-electron chi connectivity index (χ0n) is 14.0. The predicted octanol–water partition coefficient (Wildman–Crippen LogP) is 5.79. The minimum absolute atomic E-state index is 0.852. The van der Waals surface area contributed by atoms with Crippen LogP contribution in [-0.4, -0.2) is 25.2 Å². The maximum absolute atomic E-state index is 5.03. The molecule has 0 rings (SSSR count). The first-order valence-corrected chi connectivity index (χ1v) is 8.73.